The molecule has 0 spiro atoms. The summed E-state index contributed by atoms with van der Waals surface area (Å²) in [7, 11) is 0. The largest absolute Gasteiger partial charge is 0.329 e. The standard InChI is InChI=1S/C31H34N4O/c1-5-27-29(35-17-16-34(31(35)32-27)28-23(3)18-22(2)19-24(28)4)30(36)33(20-25-12-8-6-9-13-25)21-26-14-10-7-11-15-26/h6-15,18-19H,5,16-17,20-21H2,1-4H3. The molecule has 0 bridgehead atoms. The molecule has 36 heavy (non-hydrogen) atoms. The van der Waals surface area contributed by atoms with Crippen LogP contribution in [0.3, 0.4) is 0 Å². The summed E-state index contributed by atoms with van der Waals surface area (Å²) < 4.78 is 2.14. The molecule has 1 aromatic heterocycles. The van der Waals surface area contributed by atoms with Crippen LogP contribution < -0.4 is 4.90 Å². The van der Waals surface area contributed by atoms with Gasteiger partial charge in [0.2, 0.25) is 5.95 Å². The number of carbonyl (C=O) groups excluding carboxylic acids is 1. The molecule has 2 heterocycles. The predicted octanol–water partition coefficient (Wildman–Crippen LogP) is 6.37. The van der Waals surface area contributed by atoms with Crippen molar-refractivity contribution in [1.82, 2.24) is 14.5 Å². The molecule has 3 aromatic carbocycles. The molecule has 1 amide bonds. The van der Waals surface area contributed by atoms with Gasteiger partial charge in [-0.25, -0.2) is 4.98 Å². The van der Waals surface area contributed by atoms with Crippen molar-refractivity contribution in [2.75, 3.05) is 11.4 Å². The number of fused-ring (bicyclic) bond motifs is 1. The van der Waals surface area contributed by atoms with E-state index in [1.807, 2.05) is 41.3 Å². The molecule has 0 radical (unpaired) electrons. The number of anilines is 2. The molecular formula is C31H34N4O. The zero-order valence-corrected chi connectivity index (χ0v) is 21.7. The molecule has 184 valence electrons. The molecule has 0 saturated carbocycles. The van der Waals surface area contributed by atoms with E-state index in [1.54, 1.807) is 0 Å². The molecule has 1 aliphatic rings. The van der Waals surface area contributed by atoms with Crippen LogP contribution >= 0.6 is 0 Å². The van der Waals surface area contributed by atoms with Crippen molar-refractivity contribution in [2.24, 2.45) is 0 Å². The van der Waals surface area contributed by atoms with E-state index in [0.717, 1.165) is 41.6 Å². The lowest BCUT2D eigenvalue weighted by Crippen LogP contribution is -2.32. The van der Waals surface area contributed by atoms with Gasteiger partial charge in [-0.3, -0.25) is 4.79 Å². The number of rotatable bonds is 7. The lowest BCUT2D eigenvalue weighted by atomic mass is 10.0. The third-order valence-electron chi connectivity index (χ3n) is 6.97. The molecule has 5 heteroatoms. The second-order valence-electron chi connectivity index (χ2n) is 9.74. The molecule has 4 aromatic rings. The average molecular weight is 479 g/mol. The van der Waals surface area contributed by atoms with Gasteiger partial charge in [0.1, 0.15) is 5.69 Å². The lowest BCUT2D eigenvalue weighted by Gasteiger charge is -2.24. The van der Waals surface area contributed by atoms with Gasteiger partial charge in [-0.1, -0.05) is 85.3 Å². The molecule has 0 atom stereocenters. The highest BCUT2D eigenvalue weighted by atomic mass is 16.2. The van der Waals surface area contributed by atoms with Crippen molar-refractivity contribution in [2.45, 2.75) is 53.8 Å². The van der Waals surface area contributed by atoms with E-state index in [2.05, 4.69) is 73.6 Å². The van der Waals surface area contributed by atoms with Crippen molar-refractivity contribution in [3.05, 3.63) is 112 Å². The molecular weight excluding hydrogens is 444 g/mol. The van der Waals surface area contributed by atoms with Gasteiger partial charge in [0.05, 0.1) is 5.69 Å². The first-order chi connectivity index (χ1) is 17.5. The van der Waals surface area contributed by atoms with Crippen LogP contribution in [0.4, 0.5) is 11.6 Å². The van der Waals surface area contributed by atoms with Gasteiger partial charge in [0.25, 0.3) is 5.91 Å². The first-order valence-corrected chi connectivity index (χ1v) is 12.8. The summed E-state index contributed by atoms with van der Waals surface area (Å²) in [5.74, 6) is 0.919. The van der Waals surface area contributed by atoms with E-state index in [4.69, 9.17) is 4.98 Å². The smallest absolute Gasteiger partial charge is 0.273 e. The maximum atomic E-state index is 14.2. The highest BCUT2D eigenvalue weighted by Crippen LogP contribution is 2.37. The Morgan fingerprint density at radius 2 is 1.42 bits per heavy atom. The Hall–Kier alpha value is -3.86. The van der Waals surface area contributed by atoms with E-state index in [0.29, 0.717) is 19.5 Å². The molecule has 0 N–H and O–H groups in total. The van der Waals surface area contributed by atoms with Crippen LogP contribution in [-0.2, 0) is 26.1 Å². The van der Waals surface area contributed by atoms with Crippen molar-refractivity contribution in [3.63, 3.8) is 0 Å². The Kier molecular flexibility index (Phi) is 6.64. The first kappa shape index (κ1) is 23.9. The van der Waals surface area contributed by atoms with E-state index in [9.17, 15) is 4.79 Å². The van der Waals surface area contributed by atoms with Crippen LogP contribution in [0.5, 0.6) is 0 Å². The van der Waals surface area contributed by atoms with Crippen LogP contribution in [0.15, 0.2) is 72.8 Å². The van der Waals surface area contributed by atoms with Gasteiger partial charge >= 0.3 is 0 Å². The fourth-order valence-corrected chi connectivity index (χ4v) is 5.46. The van der Waals surface area contributed by atoms with Crippen LogP contribution in [0, 0.1) is 20.8 Å². The minimum Gasteiger partial charge on any atom is -0.329 e. The van der Waals surface area contributed by atoms with E-state index < -0.39 is 0 Å². The average Bonchev–Trinajstić information content (AvgIpc) is 3.43. The molecule has 0 fully saturated rings. The Balaban J connectivity index is 1.54. The van der Waals surface area contributed by atoms with Crippen LogP contribution in [0.1, 0.15) is 50.9 Å². The summed E-state index contributed by atoms with van der Waals surface area (Å²) in [6, 6.07) is 24.9. The monoisotopic (exact) mass is 478 g/mol. The number of hydrogen-bond donors (Lipinski definition) is 0. The SMILES string of the molecule is CCc1nc2n(c1C(=O)N(Cc1ccccc1)Cc1ccccc1)CCN2c1c(C)cc(C)cc1C. The molecule has 0 aliphatic carbocycles. The van der Waals surface area contributed by atoms with Crippen molar-refractivity contribution < 1.29 is 4.79 Å². The molecule has 0 saturated heterocycles. The normalized spacial score (nSPS) is 12.6. The minimum atomic E-state index is 0.0394. The van der Waals surface area contributed by atoms with Gasteiger partial charge < -0.3 is 14.4 Å². The van der Waals surface area contributed by atoms with Gasteiger partial charge in [0.15, 0.2) is 0 Å². The second-order valence-corrected chi connectivity index (χ2v) is 9.74. The summed E-state index contributed by atoms with van der Waals surface area (Å²) in [4.78, 5) is 23.5. The van der Waals surface area contributed by atoms with E-state index in [-0.39, 0.29) is 5.91 Å². The number of nitrogens with zero attached hydrogens (tertiary/aromatic N) is 4. The number of amides is 1. The third kappa shape index (κ3) is 4.53. The zero-order valence-electron chi connectivity index (χ0n) is 21.7. The van der Waals surface area contributed by atoms with Gasteiger partial charge in [0, 0.05) is 31.9 Å². The quantitative estimate of drug-likeness (QED) is 0.310. The zero-order chi connectivity index (χ0) is 25.2. The number of imidazole rings is 1. The summed E-state index contributed by atoms with van der Waals surface area (Å²) in [5.41, 5.74) is 8.78. The highest BCUT2D eigenvalue weighted by molar-refractivity contribution is 5.95. The Morgan fingerprint density at radius 1 is 0.861 bits per heavy atom. The molecule has 5 nitrogen and oxygen atoms in total. The van der Waals surface area contributed by atoms with Crippen LogP contribution in [-0.4, -0.2) is 26.9 Å². The van der Waals surface area contributed by atoms with Crippen molar-refractivity contribution >= 4 is 17.5 Å². The minimum absolute atomic E-state index is 0.0394. The van der Waals surface area contributed by atoms with E-state index in [1.165, 1.54) is 22.4 Å². The summed E-state index contributed by atoms with van der Waals surface area (Å²) >= 11 is 0. The maximum absolute atomic E-state index is 14.2. The number of aryl methyl sites for hydroxylation is 4. The van der Waals surface area contributed by atoms with Crippen LogP contribution in [0.25, 0.3) is 0 Å². The summed E-state index contributed by atoms with van der Waals surface area (Å²) in [6.45, 7) is 11.2. The number of aromatic nitrogens is 2. The molecule has 1 aliphatic heterocycles. The van der Waals surface area contributed by atoms with Gasteiger partial charge in [-0.15, -0.1) is 0 Å². The van der Waals surface area contributed by atoms with Gasteiger partial charge in [-0.2, -0.15) is 0 Å². The summed E-state index contributed by atoms with van der Waals surface area (Å²) in [5, 5.41) is 0. The lowest BCUT2D eigenvalue weighted by molar-refractivity contribution is 0.0718. The third-order valence-corrected chi connectivity index (χ3v) is 6.97. The van der Waals surface area contributed by atoms with Crippen molar-refractivity contribution in [3.8, 4) is 0 Å². The Morgan fingerprint density at radius 3 is 1.94 bits per heavy atom. The maximum Gasteiger partial charge on any atom is 0.273 e. The fraction of sp³-hybridized carbons (Fsp3) is 0.290. The topological polar surface area (TPSA) is 41.4 Å². The Labute approximate surface area is 214 Å². The molecule has 0 unspecified atom stereocenters. The fourth-order valence-electron chi connectivity index (χ4n) is 5.46. The number of benzene rings is 3. The summed E-state index contributed by atoms with van der Waals surface area (Å²) in [6.07, 6.45) is 0.714. The van der Waals surface area contributed by atoms with Gasteiger partial charge in [-0.05, 0) is 49.4 Å². The molecule has 5 rings (SSSR count). The number of carbonyl (C=O) groups is 1. The van der Waals surface area contributed by atoms with E-state index >= 15 is 0 Å². The number of hydrogen-bond acceptors (Lipinski definition) is 3. The van der Waals surface area contributed by atoms with Crippen LogP contribution in [0.2, 0.25) is 0 Å². The first-order valence-electron chi connectivity index (χ1n) is 12.8. The Bertz CT molecular complexity index is 1310. The second kappa shape index (κ2) is 10.0. The highest BCUT2D eigenvalue weighted by Gasteiger charge is 2.33. The van der Waals surface area contributed by atoms with Crippen molar-refractivity contribution in [1.29, 1.82) is 0 Å². The predicted molar refractivity (Wildman–Crippen MR) is 146 cm³/mol.